The minimum atomic E-state index is -0.449. The number of hydrogen-bond acceptors (Lipinski definition) is 3. The predicted octanol–water partition coefficient (Wildman–Crippen LogP) is 3.88. The molecule has 0 bridgehead atoms. The van der Waals surface area contributed by atoms with E-state index in [1.807, 2.05) is 25.7 Å². The number of aliphatic imine (C=N–C) groups is 1. The Balaban J connectivity index is 0.00000338. The minimum absolute atomic E-state index is 0. The van der Waals surface area contributed by atoms with Crippen molar-refractivity contribution in [3.63, 3.8) is 0 Å². The molecular weight excluding hydrogens is 443 g/mol. The highest BCUT2D eigenvalue weighted by atomic mass is 127. The average Bonchev–Trinajstić information content (AvgIpc) is 2.80. The summed E-state index contributed by atoms with van der Waals surface area (Å²) in [7, 11) is 0. The molecule has 7 heteroatoms. The van der Waals surface area contributed by atoms with E-state index in [4.69, 9.17) is 10.5 Å². The average molecular weight is 480 g/mol. The van der Waals surface area contributed by atoms with Gasteiger partial charge in [-0.3, -0.25) is 4.99 Å². The Labute approximate surface area is 175 Å². The van der Waals surface area contributed by atoms with E-state index in [0.29, 0.717) is 31.0 Å². The monoisotopic (exact) mass is 480 g/mol. The van der Waals surface area contributed by atoms with Gasteiger partial charge in [-0.25, -0.2) is 4.79 Å². The first kappa shape index (κ1) is 23.3. The Hall–Kier alpha value is -0.730. The van der Waals surface area contributed by atoms with Gasteiger partial charge in [-0.1, -0.05) is 25.7 Å². The maximum atomic E-state index is 12.2. The number of piperidine rings is 1. The predicted molar refractivity (Wildman–Crippen MR) is 117 cm³/mol. The Morgan fingerprint density at radius 3 is 2.42 bits per heavy atom. The van der Waals surface area contributed by atoms with E-state index in [0.717, 1.165) is 19.4 Å². The molecule has 0 aromatic heterocycles. The van der Waals surface area contributed by atoms with Gasteiger partial charge in [0, 0.05) is 25.7 Å². The van der Waals surface area contributed by atoms with Crippen LogP contribution in [-0.4, -0.2) is 48.2 Å². The summed E-state index contributed by atoms with van der Waals surface area (Å²) in [5.74, 6) is 0.914. The third-order valence-electron chi connectivity index (χ3n) is 4.90. The topological polar surface area (TPSA) is 80.0 Å². The summed E-state index contributed by atoms with van der Waals surface area (Å²) >= 11 is 0. The molecule has 1 saturated carbocycles. The van der Waals surface area contributed by atoms with Crippen molar-refractivity contribution in [1.29, 1.82) is 0 Å². The number of carbonyl (C=O) groups excluding carboxylic acids is 1. The maximum absolute atomic E-state index is 12.2. The molecule has 1 atom stereocenters. The molecule has 1 saturated heterocycles. The van der Waals surface area contributed by atoms with Gasteiger partial charge < -0.3 is 20.7 Å². The summed E-state index contributed by atoms with van der Waals surface area (Å²) in [4.78, 5) is 18.6. The standard InChI is InChI=1S/C19H36N4O2.HI/c1-19(2,3)25-18(24)23-12-8-9-15(14-23)13-21-17(20)22-16-10-6-4-5-7-11-16;/h15-16H,4-14H2,1-3H3,(H3,20,21,22);1H. The molecule has 0 aromatic rings. The van der Waals surface area contributed by atoms with E-state index in [1.165, 1.54) is 38.5 Å². The van der Waals surface area contributed by atoms with Gasteiger partial charge in [0.05, 0.1) is 0 Å². The zero-order chi connectivity index (χ0) is 18.3. The molecule has 2 aliphatic rings. The van der Waals surface area contributed by atoms with Crippen LogP contribution in [0.25, 0.3) is 0 Å². The number of hydrogen-bond donors (Lipinski definition) is 2. The number of nitrogens with two attached hydrogens (primary N) is 1. The maximum Gasteiger partial charge on any atom is 0.410 e. The van der Waals surface area contributed by atoms with Gasteiger partial charge in [0.15, 0.2) is 5.96 Å². The van der Waals surface area contributed by atoms with Crippen LogP contribution in [0.2, 0.25) is 0 Å². The highest BCUT2D eigenvalue weighted by Gasteiger charge is 2.27. The van der Waals surface area contributed by atoms with Gasteiger partial charge in [-0.2, -0.15) is 0 Å². The molecule has 152 valence electrons. The van der Waals surface area contributed by atoms with Crippen molar-refractivity contribution in [2.75, 3.05) is 19.6 Å². The van der Waals surface area contributed by atoms with Crippen LogP contribution in [0.5, 0.6) is 0 Å². The summed E-state index contributed by atoms with van der Waals surface area (Å²) < 4.78 is 5.48. The van der Waals surface area contributed by atoms with Gasteiger partial charge in [-0.15, -0.1) is 24.0 Å². The van der Waals surface area contributed by atoms with Gasteiger partial charge in [0.1, 0.15) is 5.60 Å². The highest BCUT2D eigenvalue weighted by molar-refractivity contribution is 14.0. The fourth-order valence-corrected chi connectivity index (χ4v) is 3.61. The zero-order valence-corrected chi connectivity index (χ0v) is 19.0. The van der Waals surface area contributed by atoms with Crippen LogP contribution < -0.4 is 11.1 Å². The quantitative estimate of drug-likeness (QED) is 0.278. The van der Waals surface area contributed by atoms with Crippen molar-refractivity contribution < 1.29 is 9.53 Å². The second-order valence-corrected chi connectivity index (χ2v) is 8.49. The van der Waals surface area contributed by atoms with Gasteiger partial charge in [0.25, 0.3) is 0 Å². The number of rotatable bonds is 3. The van der Waals surface area contributed by atoms with Crippen molar-refractivity contribution in [2.45, 2.75) is 83.8 Å². The summed E-state index contributed by atoms with van der Waals surface area (Å²) in [6.07, 6.45) is 9.45. The van der Waals surface area contributed by atoms with Crippen molar-refractivity contribution in [2.24, 2.45) is 16.6 Å². The largest absolute Gasteiger partial charge is 0.444 e. The van der Waals surface area contributed by atoms with E-state index in [9.17, 15) is 4.79 Å². The first-order valence-electron chi connectivity index (χ1n) is 9.88. The number of halogens is 1. The number of nitrogens with zero attached hydrogens (tertiary/aromatic N) is 2. The van der Waals surface area contributed by atoms with Crippen molar-refractivity contribution in [1.82, 2.24) is 10.2 Å². The van der Waals surface area contributed by atoms with Gasteiger partial charge in [-0.05, 0) is 52.4 Å². The van der Waals surface area contributed by atoms with Crippen LogP contribution in [0.4, 0.5) is 4.79 Å². The lowest BCUT2D eigenvalue weighted by Gasteiger charge is -2.33. The molecule has 2 rings (SSSR count). The van der Waals surface area contributed by atoms with Crippen molar-refractivity contribution in [3.8, 4) is 0 Å². The SMILES string of the molecule is CC(C)(C)OC(=O)N1CCCC(CN=C(N)NC2CCCCCC2)C1.I. The molecule has 2 fully saturated rings. The molecule has 3 N–H and O–H groups in total. The number of nitrogens with one attached hydrogen (secondary N) is 1. The highest BCUT2D eigenvalue weighted by Crippen LogP contribution is 2.20. The molecule has 26 heavy (non-hydrogen) atoms. The molecule has 1 aliphatic heterocycles. The third-order valence-corrected chi connectivity index (χ3v) is 4.90. The van der Waals surface area contributed by atoms with Gasteiger partial charge >= 0.3 is 6.09 Å². The molecule has 0 aromatic carbocycles. The fraction of sp³-hybridized carbons (Fsp3) is 0.895. The molecule has 1 aliphatic carbocycles. The van der Waals surface area contributed by atoms with Crippen molar-refractivity contribution >= 4 is 36.0 Å². The second kappa shape index (κ2) is 11.2. The smallest absolute Gasteiger partial charge is 0.410 e. The Kier molecular flexibility index (Phi) is 10.0. The fourth-order valence-electron chi connectivity index (χ4n) is 3.61. The molecule has 1 amide bonds. The van der Waals surface area contributed by atoms with Gasteiger partial charge in [0.2, 0.25) is 0 Å². The number of likely N-dealkylation sites (tertiary alicyclic amines) is 1. The normalized spacial score (nSPS) is 23.0. The lowest BCUT2D eigenvalue weighted by molar-refractivity contribution is 0.0171. The summed E-state index contributed by atoms with van der Waals surface area (Å²) in [5, 5.41) is 3.39. The minimum Gasteiger partial charge on any atom is -0.444 e. The Morgan fingerprint density at radius 2 is 1.81 bits per heavy atom. The number of carbonyl (C=O) groups is 1. The van der Waals surface area contributed by atoms with E-state index in [2.05, 4.69) is 10.3 Å². The first-order chi connectivity index (χ1) is 11.8. The summed E-state index contributed by atoms with van der Waals surface area (Å²) in [6.45, 7) is 7.84. The van der Waals surface area contributed by atoms with Crippen LogP contribution in [0.3, 0.4) is 0 Å². The molecule has 0 radical (unpaired) electrons. The second-order valence-electron chi connectivity index (χ2n) is 8.49. The number of amides is 1. The lowest BCUT2D eigenvalue weighted by atomic mass is 9.98. The van der Waals surface area contributed by atoms with E-state index < -0.39 is 5.60 Å². The van der Waals surface area contributed by atoms with Crippen LogP contribution in [0, 0.1) is 5.92 Å². The molecule has 1 heterocycles. The van der Waals surface area contributed by atoms with E-state index in [-0.39, 0.29) is 30.1 Å². The molecule has 0 spiro atoms. The summed E-state index contributed by atoms with van der Waals surface area (Å²) in [6, 6.07) is 0.468. The van der Waals surface area contributed by atoms with Crippen LogP contribution in [0.15, 0.2) is 4.99 Å². The summed E-state index contributed by atoms with van der Waals surface area (Å²) in [5.41, 5.74) is 5.63. The zero-order valence-electron chi connectivity index (χ0n) is 16.6. The Bertz CT molecular complexity index is 457. The first-order valence-corrected chi connectivity index (χ1v) is 9.88. The molecular formula is C19H37IN4O2. The Morgan fingerprint density at radius 1 is 1.15 bits per heavy atom. The van der Waals surface area contributed by atoms with Crippen LogP contribution in [0.1, 0.15) is 72.1 Å². The number of ether oxygens (including phenoxy) is 1. The molecule has 6 nitrogen and oxygen atoms in total. The van der Waals surface area contributed by atoms with E-state index >= 15 is 0 Å². The van der Waals surface area contributed by atoms with E-state index in [1.54, 1.807) is 0 Å². The van der Waals surface area contributed by atoms with Crippen LogP contribution in [-0.2, 0) is 4.74 Å². The third kappa shape index (κ3) is 8.77. The van der Waals surface area contributed by atoms with Crippen LogP contribution >= 0.6 is 24.0 Å². The molecule has 1 unspecified atom stereocenters. The van der Waals surface area contributed by atoms with Crippen molar-refractivity contribution in [3.05, 3.63) is 0 Å². The number of guanidine groups is 1. The lowest BCUT2D eigenvalue weighted by Crippen LogP contribution is -2.44.